The Labute approximate surface area is 102 Å². The molecule has 0 aromatic rings. The summed E-state index contributed by atoms with van der Waals surface area (Å²) >= 11 is 0. The summed E-state index contributed by atoms with van der Waals surface area (Å²) in [7, 11) is 0. The van der Waals surface area contributed by atoms with Crippen molar-refractivity contribution in [1.29, 1.82) is 0 Å². The van der Waals surface area contributed by atoms with Crippen molar-refractivity contribution >= 4 is 11.9 Å². The van der Waals surface area contributed by atoms with E-state index in [1.165, 1.54) is 0 Å². The largest absolute Gasteiger partial charge is 0.478 e. The lowest BCUT2D eigenvalue weighted by atomic mass is 9.82. The fourth-order valence-corrected chi connectivity index (χ4v) is 1.82. The highest BCUT2D eigenvalue weighted by Crippen LogP contribution is 2.30. The average molecular weight is 258 g/mol. The van der Waals surface area contributed by atoms with Crippen LogP contribution in [0.2, 0.25) is 0 Å². The third-order valence-corrected chi connectivity index (χ3v) is 2.57. The molecule has 0 aromatic carbocycles. The van der Waals surface area contributed by atoms with Crippen molar-refractivity contribution < 1.29 is 35.1 Å². The summed E-state index contributed by atoms with van der Waals surface area (Å²) in [6.07, 6.45) is 0.0288. The van der Waals surface area contributed by atoms with Gasteiger partial charge in [0.25, 0.3) is 0 Å². The van der Waals surface area contributed by atoms with Crippen molar-refractivity contribution in [3.05, 3.63) is 23.3 Å². The highest BCUT2D eigenvalue weighted by molar-refractivity contribution is 5.96. The summed E-state index contributed by atoms with van der Waals surface area (Å²) in [5.74, 6) is -2.70. The predicted octanol–water partition coefficient (Wildman–Crippen LogP) is -1.11. The van der Waals surface area contributed by atoms with E-state index in [0.29, 0.717) is 0 Å². The highest BCUT2D eigenvalue weighted by atomic mass is 16.4. The number of carbonyl (C=O) groups is 2. The smallest absolute Gasteiger partial charge is 0.335 e. The van der Waals surface area contributed by atoms with Gasteiger partial charge in [-0.25, -0.2) is 9.59 Å². The molecule has 0 fully saturated rings. The van der Waals surface area contributed by atoms with Gasteiger partial charge in [-0.2, -0.15) is 0 Å². The Hall–Kier alpha value is -1.70. The Morgan fingerprint density at radius 1 is 1.33 bits per heavy atom. The Morgan fingerprint density at radius 2 is 1.94 bits per heavy atom. The lowest BCUT2D eigenvalue weighted by molar-refractivity contribution is -0.133. The third kappa shape index (κ3) is 3.39. The van der Waals surface area contributed by atoms with Crippen LogP contribution < -0.4 is 0 Å². The zero-order valence-corrected chi connectivity index (χ0v) is 9.41. The fraction of sp³-hybridized carbons (Fsp3) is 0.455. The minimum Gasteiger partial charge on any atom is -0.478 e. The van der Waals surface area contributed by atoms with Crippen molar-refractivity contribution in [2.45, 2.75) is 24.5 Å². The molecule has 0 bridgehead atoms. The first kappa shape index (κ1) is 14.4. The van der Waals surface area contributed by atoms with Gasteiger partial charge in [-0.15, -0.1) is 0 Å². The van der Waals surface area contributed by atoms with E-state index in [1.54, 1.807) is 0 Å². The van der Waals surface area contributed by atoms with Crippen LogP contribution in [0.15, 0.2) is 23.3 Å². The fourth-order valence-electron chi connectivity index (χ4n) is 1.82. The molecule has 0 radical (unpaired) electrons. The van der Waals surface area contributed by atoms with Gasteiger partial charge in [-0.1, -0.05) is 0 Å². The van der Waals surface area contributed by atoms with Gasteiger partial charge in [-0.05, 0) is 12.2 Å². The van der Waals surface area contributed by atoms with Gasteiger partial charge < -0.3 is 25.5 Å². The average Bonchev–Trinajstić information content (AvgIpc) is 2.27. The number of aliphatic hydroxyl groups excluding tert-OH is 2. The van der Waals surface area contributed by atoms with Gasteiger partial charge in [0.15, 0.2) is 0 Å². The molecule has 0 saturated carbocycles. The summed E-state index contributed by atoms with van der Waals surface area (Å²) in [5, 5.41) is 45.8. The second-order valence-corrected chi connectivity index (χ2v) is 4.20. The zero-order valence-electron chi connectivity index (χ0n) is 9.41. The monoisotopic (exact) mass is 258 g/mol. The standard InChI is InChI=1S/C11H14O7/c12-5-8(13)4-11(18)2-6(9(14)15)1-7(3-11)10(16)17/h1-2,8,12-13,18H,3-5H2,(H,14,15)(H,16,17). The molecule has 7 heteroatoms. The van der Waals surface area contributed by atoms with Crippen LogP contribution in [0.3, 0.4) is 0 Å². The molecular formula is C11H14O7. The Kier molecular flexibility index (Phi) is 4.23. The van der Waals surface area contributed by atoms with E-state index in [1.807, 2.05) is 0 Å². The molecule has 0 heterocycles. The molecular weight excluding hydrogens is 244 g/mol. The first-order valence-electron chi connectivity index (χ1n) is 5.19. The van der Waals surface area contributed by atoms with E-state index in [-0.39, 0.29) is 24.0 Å². The molecule has 0 amide bonds. The van der Waals surface area contributed by atoms with Gasteiger partial charge in [0.05, 0.1) is 23.9 Å². The molecule has 18 heavy (non-hydrogen) atoms. The molecule has 2 atom stereocenters. The quantitative estimate of drug-likeness (QED) is 0.421. The number of hydrogen-bond acceptors (Lipinski definition) is 5. The number of aliphatic carboxylic acids is 2. The molecule has 100 valence electrons. The van der Waals surface area contributed by atoms with Crippen LogP contribution in [0, 0.1) is 0 Å². The number of carboxylic acid groups (broad SMARTS) is 2. The summed E-state index contributed by atoms with van der Waals surface area (Å²) in [5.41, 5.74) is -2.41. The second kappa shape index (κ2) is 5.30. The van der Waals surface area contributed by atoms with Crippen LogP contribution in [0.1, 0.15) is 12.8 Å². The SMILES string of the molecule is O=C(O)C1=CC(O)(CC(O)CO)CC(C(=O)O)=C1. The van der Waals surface area contributed by atoms with Crippen molar-refractivity contribution in [3.8, 4) is 0 Å². The van der Waals surface area contributed by atoms with E-state index < -0.39 is 30.3 Å². The third-order valence-electron chi connectivity index (χ3n) is 2.57. The van der Waals surface area contributed by atoms with Gasteiger partial charge in [0.1, 0.15) is 0 Å². The zero-order chi connectivity index (χ0) is 13.9. The highest BCUT2D eigenvalue weighted by Gasteiger charge is 2.35. The Bertz CT molecular complexity index is 423. The van der Waals surface area contributed by atoms with Crippen LogP contribution in [-0.4, -0.2) is 55.8 Å². The van der Waals surface area contributed by atoms with Crippen molar-refractivity contribution in [1.82, 2.24) is 0 Å². The maximum absolute atomic E-state index is 10.9. The van der Waals surface area contributed by atoms with Gasteiger partial charge in [0, 0.05) is 18.4 Å². The molecule has 5 N–H and O–H groups in total. The summed E-state index contributed by atoms with van der Waals surface area (Å²) in [6.45, 7) is -0.606. The van der Waals surface area contributed by atoms with E-state index in [4.69, 9.17) is 15.3 Å². The Balaban J connectivity index is 3.06. The summed E-state index contributed by atoms with van der Waals surface area (Å²) in [4.78, 5) is 21.7. The van der Waals surface area contributed by atoms with Crippen LogP contribution in [-0.2, 0) is 9.59 Å². The summed E-state index contributed by atoms with van der Waals surface area (Å²) < 4.78 is 0. The van der Waals surface area contributed by atoms with E-state index in [0.717, 1.165) is 12.2 Å². The van der Waals surface area contributed by atoms with Gasteiger partial charge in [-0.3, -0.25) is 0 Å². The molecule has 0 saturated heterocycles. The lowest BCUT2D eigenvalue weighted by Crippen LogP contribution is -2.36. The van der Waals surface area contributed by atoms with Gasteiger partial charge >= 0.3 is 11.9 Å². The van der Waals surface area contributed by atoms with Crippen LogP contribution in [0.4, 0.5) is 0 Å². The molecule has 1 aliphatic rings. The molecule has 2 unspecified atom stereocenters. The lowest BCUT2D eigenvalue weighted by Gasteiger charge is -2.30. The number of aliphatic hydroxyl groups is 3. The molecule has 1 rings (SSSR count). The Morgan fingerprint density at radius 3 is 2.39 bits per heavy atom. The summed E-state index contributed by atoms with van der Waals surface area (Å²) in [6, 6.07) is 0. The second-order valence-electron chi connectivity index (χ2n) is 4.20. The van der Waals surface area contributed by atoms with Crippen LogP contribution >= 0.6 is 0 Å². The van der Waals surface area contributed by atoms with E-state index >= 15 is 0 Å². The molecule has 0 aromatic heterocycles. The van der Waals surface area contributed by atoms with Crippen molar-refractivity contribution in [2.24, 2.45) is 0 Å². The molecule has 1 aliphatic carbocycles. The molecule has 7 nitrogen and oxygen atoms in total. The number of rotatable bonds is 5. The maximum atomic E-state index is 10.9. The van der Waals surface area contributed by atoms with E-state index in [2.05, 4.69) is 0 Å². The van der Waals surface area contributed by atoms with Crippen LogP contribution in [0.5, 0.6) is 0 Å². The van der Waals surface area contributed by atoms with Crippen molar-refractivity contribution in [2.75, 3.05) is 6.61 Å². The normalized spacial score (nSPS) is 25.1. The van der Waals surface area contributed by atoms with Gasteiger partial charge in [0.2, 0.25) is 0 Å². The van der Waals surface area contributed by atoms with E-state index in [9.17, 15) is 19.8 Å². The number of carboxylic acids is 2. The first-order valence-corrected chi connectivity index (χ1v) is 5.19. The maximum Gasteiger partial charge on any atom is 0.335 e. The molecule has 0 spiro atoms. The van der Waals surface area contributed by atoms with Crippen molar-refractivity contribution in [3.63, 3.8) is 0 Å². The first-order chi connectivity index (χ1) is 8.27. The van der Waals surface area contributed by atoms with Crippen LogP contribution in [0.25, 0.3) is 0 Å². The topological polar surface area (TPSA) is 135 Å². The number of hydrogen-bond donors (Lipinski definition) is 5. The molecule has 0 aliphatic heterocycles. The minimum absolute atomic E-state index is 0.262. The minimum atomic E-state index is -1.79. The predicted molar refractivity (Wildman–Crippen MR) is 58.7 cm³/mol.